The second-order valence-electron chi connectivity index (χ2n) is 6.75. The van der Waals surface area contributed by atoms with Gasteiger partial charge in [-0.05, 0) is 56.7 Å². The molecule has 1 aliphatic rings. The highest BCUT2D eigenvalue weighted by molar-refractivity contribution is 6.06. The lowest BCUT2D eigenvalue weighted by molar-refractivity contribution is 0.0654. The fraction of sp³-hybridized carbons (Fsp3) is 0.474. The standard InChI is InChI=1S/C19H23FN2O2/c1-12-9-17(16-8-5-14(20)10-18(16)21-12)19(24)22(2)15-6-3-13(11-23)4-7-15/h5,8-10,13,15,23H,3-4,6-7,11H2,1-2H3. The molecule has 1 heterocycles. The fourth-order valence-electron chi connectivity index (χ4n) is 3.58. The number of pyridine rings is 1. The Kier molecular flexibility index (Phi) is 4.81. The number of aliphatic hydroxyl groups excluding tert-OH is 1. The van der Waals surface area contributed by atoms with Crippen molar-refractivity contribution >= 4 is 16.8 Å². The average molecular weight is 330 g/mol. The molecule has 0 radical (unpaired) electrons. The summed E-state index contributed by atoms with van der Waals surface area (Å²) in [4.78, 5) is 19.1. The second-order valence-corrected chi connectivity index (χ2v) is 6.75. The van der Waals surface area contributed by atoms with E-state index >= 15 is 0 Å². The molecule has 1 aromatic carbocycles. The molecule has 1 amide bonds. The maximum atomic E-state index is 13.5. The summed E-state index contributed by atoms with van der Waals surface area (Å²) in [5.74, 6) is -0.0454. The van der Waals surface area contributed by atoms with Crippen molar-refractivity contribution in [3.8, 4) is 0 Å². The summed E-state index contributed by atoms with van der Waals surface area (Å²) in [6.07, 6.45) is 3.70. The molecular formula is C19H23FN2O2. The summed E-state index contributed by atoms with van der Waals surface area (Å²) in [5, 5.41) is 9.94. The second kappa shape index (κ2) is 6.85. The first-order valence-corrected chi connectivity index (χ1v) is 8.44. The zero-order chi connectivity index (χ0) is 17.3. The number of fused-ring (bicyclic) bond motifs is 1. The van der Waals surface area contributed by atoms with Crippen LogP contribution in [0.1, 0.15) is 41.7 Å². The molecule has 1 aromatic heterocycles. The molecule has 3 rings (SSSR count). The van der Waals surface area contributed by atoms with Gasteiger partial charge in [-0.25, -0.2) is 4.39 Å². The van der Waals surface area contributed by atoms with Crippen molar-refractivity contribution in [1.29, 1.82) is 0 Å². The molecule has 0 bridgehead atoms. The number of amides is 1. The van der Waals surface area contributed by atoms with Crippen molar-refractivity contribution in [3.63, 3.8) is 0 Å². The number of aliphatic hydroxyl groups is 1. The monoisotopic (exact) mass is 330 g/mol. The third-order valence-electron chi connectivity index (χ3n) is 5.07. The highest BCUT2D eigenvalue weighted by Gasteiger charge is 2.27. The fourth-order valence-corrected chi connectivity index (χ4v) is 3.58. The normalized spacial score (nSPS) is 21.0. The van der Waals surface area contributed by atoms with E-state index in [0.717, 1.165) is 25.7 Å². The third kappa shape index (κ3) is 3.26. The Morgan fingerprint density at radius 2 is 2.00 bits per heavy atom. The van der Waals surface area contributed by atoms with Gasteiger partial charge >= 0.3 is 0 Å². The Bertz CT molecular complexity index is 749. The molecule has 128 valence electrons. The lowest BCUT2D eigenvalue weighted by Crippen LogP contribution is -2.40. The number of rotatable bonds is 3. The van der Waals surface area contributed by atoms with E-state index < -0.39 is 0 Å². The molecule has 5 heteroatoms. The highest BCUT2D eigenvalue weighted by atomic mass is 19.1. The zero-order valence-corrected chi connectivity index (χ0v) is 14.1. The number of carbonyl (C=O) groups is 1. The van der Waals surface area contributed by atoms with E-state index in [9.17, 15) is 14.3 Å². The van der Waals surface area contributed by atoms with Crippen LogP contribution in [0.2, 0.25) is 0 Å². The summed E-state index contributed by atoms with van der Waals surface area (Å²) in [7, 11) is 1.83. The predicted molar refractivity (Wildman–Crippen MR) is 91.4 cm³/mol. The molecule has 0 unspecified atom stereocenters. The first-order valence-electron chi connectivity index (χ1n) is 8.44. The molecule has 0 atom stereocenters. The lowest BCUT2D eigenvalue weighted by Gasteiger charge is -2.34. The summed E-state index contributed by atoms with van der Waals surface area (Å²) >= 11 is 0. The number of hydrogen-bond donors (Lipinski definition) is 1. The number of carbonyl (C=O) groups excluding carboxylic acids is 1. The maximum absolute atomic E-state index is 13.5. The number of aromatic nitrogens is 1. The van der Waals surface area contributed by atoms with Gasteiger partial charge in [-0.15, -0.1) is 0 Å². The van der Waals surface area contributed by atoms with E-state index in [0.29, 0.717) is 28.1 Å². The van der Waals surface area contributed by atoms with Crippen molar-refractivity contribution in [2.45, 2.75) is 38.6 Å². The van der Waals surface area contributed by atoms with Crippen LogP contribution in [0.15, 0.2) is 24.3 Å². The van der Waals surface area contributed by atoms with Crippen molar-refractivity contribution in [3.05, 3.63) is 41.3 Å². The van der Waals surface area contributed by atoms with Gasteiger partial charge in [0, 0.05) is 36.8 Å². The largest absolute Gasteiger partial charge is 0.396 e. The van der Waals surface area contributed by atoms with E-state index in [4.69, 9.17) is 0 Å². The van der Waals surface area contributed by atoms with Crippen LogP contribution >= 0.6 is 0 Å². The van der Waals surface area contributed by atoms with Crippen LogP contribution < -0.4 is 0 Å². The van der Waals surface area contributed by atoms with Crippen molar-refractivity contribution in [1.82, 2.24) is 9.88 Å². The van der Waals surface area contributed by atoms with E-state index in [-0.39, 0.29) is 24.4 Å². The number of halogens is 1. The van der Waals surface area contributed by atoms with Crippen LogP contribution in [0.25, 0.3) is 10.9 Å². The molecule has 1 N–H and O–H groups in total. The molecule has 24 heavy (non-hydrogen) atoms. The quantitative estimate of drug-likeness (QED) is 0.939. The van der Waals surface area contributed by atoms with Gasteiger partial charge in [0.25, 0.3) is 5.91 Å². The van der Waals surface area contributed by atoms with E-state index in [1.165, 1.54) is 12.1 Å². The third-order valence-corrected chi connectivity index (χ3v) is 5.07. The Morgan fingerprint density at radius 3 is 2.67 bits per heavy atom. The topological polar surface area (TPSA) is 53.4 Å². The first-order chi connectivity index (χ1) is 11.5. The van der Waals surface area contributed by atoms with Crippen molar-refractivity contribution in [2.75, 3.05) is 13.7 Å². The van der Waals surface area contributed by atoms with E-state index in [1.54, 1.807) is 17.0 Å². The number of aryl methyl sites for hydroxylation is 1. The van der Waals surface area contributed by atoms with Gasteiger partial charge in [0.2, 0.25) is 0 Å². The van der Waals surface area contributed by atoms with Crippen LogP contribution in [0.5, 0.6) is 0 Å². The number of nitrogens with zero attached hydrogens (tertiary/aromatic N) is 2. The van der Waals surface area contributed by atoms with Crippen molar-refractivity contribution in [2.24, 2.45) is 5.92 Å². The minimum absolute atomic E-state index is 0.0513. The maximum Gasteiger partial charge on any atom is 0.254 e. The van der Waals surface area contributed by atoms with Gasteiger partial charge in [-0.1, -0.05) is 0 Å². The zero-order valence-electron chi connectivity index (χ0n) is 14.1. The van der Waals surface area contributed by atoms with Gasteiger partial charge < -0.3 is 10.0 Å². The molecule has 4 nitrogen and oxygen atoms in total. The predicted octanol–water partition coefficient (Wildman–Crippen LogP) is 3.31. The lowest BCUT2D eigenvalue weighted by atomic mass is 9.86. The SMILES string of the molecule is Cc1cc(C(=O)N(C)C2CCC(CO)CC2)c2ccc(F)cc2n1. The van der Waals surface area contributed by atoms with E-state index in [1.807, 2.05) is 14.0 Å². The number of hydrogen-bond acceptors (Lipinski definition) is 3. The van der Waals surface area contributed by atoms with Gasteiger partial charge in [0.15, 0.2) is 0 Å². The Hall–Kier alpha value is -2.01. The summed E-state index contributed by atoms with van der Waals surface area (Å²) < 4.78 is 13.5. The Morgan fingerprint density at radius 1 is 1.29 bits per heavy atom. The van der Waals surface area contributed by atoms with Crippen LogP contribution in [0, 0.1) is 18.7 Å². The van der Waals surface area contributed by atoms with Crippen LogP contribution in [-0.4, -0.2) is 40.6 Å². The minimum Gasteiger partial charge on any atom is -0.396 e. The van der Waals surface area contributed by atoms with Crippen LogP contribution in [-0.2, 0) is 0 Å². The van der Waals surface area contributed by atoms with Gasteiger partial charge in [-0.2, -0.15) is 0 Å². The number of benzene rings is 1. The van der Waals surface area contributed by atoms with E-state index in [2.05, 4.69) is 4.98 Å². The summed E-state index contributed by atoms with van der Waals surface area (Å²) in [6, 6.07) is 6.32. The van der Waals surface area contributed by atoms with Crippen molar-refractivity contribution < 1.29 is 14.3 Å². The molecule has 2 aromatic rings. The summed E-state index contributed by atoms with van der Waals surface area (Å²) in [5.41, 5.74) is 1.79. The average Bonchev–Trinajstić information content (AvgIpc) is 2.59. The molecule has 1 fully saturated rings. The van der Waals surface area contributed by atoms with Gasteiger partial charge in [0.1, 0.15) is 5.82 Å². The highest BCUT2D eigenvalue weighted by Crippen LogP contribution is 2.28. The summed E-state index contributed by atoms with van der Waals surface area (Å²) in [6.45, 7) is 2.04. The van der Waals surface area contributed by atoms with Gasteiger partial charge in [-0.3, -0.25) is 9.78 Å². The first kappa shape index (κ1) is 16.8. The van der Waals surface area contributed by atoms with Crippen LogP contribution in [0.3, 0.4) is 0 Å². The molecule has 0 saturated heterocycles. The smallest absolute Gasteiger partial charge is 0.254 e. The molecule has 0 aliphatic heterocycles. The Labute approximate surface area is 141 Å². The Balaban J connectivity index is 1.88. The van der Waals surface area contributed by atoms with Gasteiger partial charge in [0.05, 0.1) is 11.1 Å². The molecule has 1 aliphatic carbocycles. The molecule has 0 spiro atoms. The molecule has 1 saturated carbocycles. The minimum atomic E-state index is -0.352. The molecular weight excluding hydrogens is 307 g/mol. The van der Waals surface area contributed by atoms with Crippen LogP contribution in [0.4, 0.5) is 4.39 Å².